The predicted molar refractivity (Wildman–Crippen MR) is 72.2 cm³/mol. The minimum atomic E-state index is 0.342. The molecular weight excluding hydrogens is 200 g/mol. The molecule has 1 heteroatoms. The summed E-state index contributed by atoms with van der Waals surface area (Å²) >= 11 is 1.89. The van der Waals surface area contributed by atoms with Crippen LogP contribution in [-0.4, -0.2) is 4.75 Å². The summed E-state index contributed by atoms with van der Waals surface area (Å²) in [4.78, 5) is 0. The monoisotopic (exact) mass is 224 g/mol. The molecule has 86 valence electrons. The second-order valence-electron chi connectivity index (χ2n) is 5.34. The Hall–Kier alpha value is -0.170. The fraction of sp³-hybridized carbons (Fsp3) is 0.714. The van der Waals surface area contributed by atoms with E-state index in [0.29, 0.717) is 4.75 Å². The van der Waals surface area contributed by atoms with Gasteiger partial charge in [-0.05, 0) is 24.2 Å². The summed E-state index contributed by atoms with van der Waals surface area (Å²) in [6, 6.07) is 0. The van der Waals surface area contributed by atoms with Crippen molar-refractivity contribution in [3.63, 3.8) is 0 Å². The molecule has 1 aliphatic carbocycles. The minimum absolute atomic E-state index is 0.342. The molecule has 0 amide bonds. The highest BCUT2D eigenvalue weighted by Crippen LogP contribution is 2.25. The molecule has 1 fully saturated rings. The highest BCUT2D eigenvalue weighted by Gasteiger charge is 2.09. The van der Waals surface area contributed by atoms with E-state index in [1.165, 1.54) is 32.1 Å². The zero-order chi connectivity index (χ0) is 11.1. The quantitative estimate of drug-likeness (QED) is 0.596. The van der Waals surface area contributed by atoms with E-state index in [9.17, 15) is 0 Å². The molecule has 0 unspecified atom stereocenters. The first-order valence-electron chi connectivity index (χ1n) is 6.09. The number of hydrogen-bond donors (Lipinski definition) is 0. The zero-order valence-electron chi connectivity index (χ0n) is 10.3. The van der Waals surface area contributed by atoms with Gasteiger partial charge in [0, 0.05) is 4.75 Å². The van der Waals surface area contributed by atoms with E-state index < -0.39 is 0 Å². The lowest BCUT2D eigenvalue weighted by molar-refractivity contribution is 0.419. The summed E-state index contributed by atoms with van der Waals surface area (Å²) in [6.07, 6.45) is 13.9. The van der Waals surface area contributed by atoms with Crippen LogP contribution >= 0.6 is 11.8 Å². The van der Waals surface area contributed by atoms with Crippen LogP contribution in [0.15, 0.2) is 23.6 Å². The van der Waals surface area contributed by atoms with Crippen LogP contribution < -0.4 is 0 Å². The molecule has 0 atom stereocenters. The van der Waals surface area contributed by atoms with E-state index in [2.05, 4.69) is 44.4 Å². The van der Waals surface area contributed by atoms with Crippen molar-refractivity contribution >= 4 is 11.8 Å². The lowest BCUT2D eigenvalue weighted by atomic mass is 9.89. The van der Waals surface area contributed by atoms with Gasteiger partial charge in [-0.15, -0.1) is 11.8 Å². The van der Waals surface area contributed by atoms with Gasteiger partial charge in [-0.1, -0.05) is 58.3 Å². The molecule has 0 radical (unpaired) electrons. The smallest absolute Gasteiger partial charge is 0.0116 e. The van der Waals surface area contributed by atoms with Crippen molar-refractivity contribution in [1.29, 1.82) is 0 Å². The Morgan fingerprint density at radius 3 is 2.27 bits per heavy atom. The van der Waals surface area contributed by atoms with Crippen molar-refractivity contribution in [3.8, 4) is 0 Å². The van der Waals surface area contributed by atoms with E-state index in [1.807, 2.05) is 11.8 Å². The maximum Gasteiger partial charge on any atom is 0.0116 e. The van der Waals surface area contributed by atoms with Crippen LogP contribution in [0.2, 0.25) is 0 Å². The molecular formula is C14H24S. The van der Waals surface area contributed by atoms with Crippen molar-refractivity contribution in [1.82, 2.24) is 0 Å². The SMILES string of the molecule is CC(C)(C)S/C=C/C=C\C1CCCCC1. The Kier molecular flexibility index (Phi) is 5.52. The molecule has 1 rings (SSSR count). The maximum atomic E-state index is 2.39. The molecule has 0 aromatic carbocycles. The summed E-state index contributed by atoms with van der Waals surface area (Å²) in [5.74, 6) is 0.850. The Balaban J connectivity index is 2.20. The lowest BCUT2D eigenvalue weighted by Gasteiger charge is -2.17. The topological polar surface area (TPSA) is 0 Å². The first kappa shape index (κ1) is 12.9. The van der Waals surface area contributed by atoms with Crippen LogP contribution in [0.1, 0.15) is 52.9 Å². The minimum Gasteiger partial charge on any atom is -0.128 e. The van der Waals surface area contributed by atoms with E-state index in [1.54, 1.807) is 0 Å². The zero-order valence-corrected chi connectivity index (χ0v) is 11.1. The van der Waals surface area contributed by atoms with Gasteiger partial charge in [0.1, 0.15) is 0 Å². The van der Waals surface area contributed by atoms with Gasteiger partial charge in [0.25, 0.3) is 0 Å². The van der Waals surface area contributed by atoms with Crippen LogP contribution in [0.5, 0.6) is 0 Å². The van der Waals surface area contributed by atoms with Gasteiger partial charge >= 0.3 is 0 Å². The average molecular weight is 224 g/mol. The largest absolute Gasteiger partial charge is 0.128 e. The predicted octanol–water partition coefficient (Wildman–Crippen LogP) is 5.17. The second-order valence-corrected chi connectivity index (χ2v) is 7.07. The molecule has 1 aliphatic rings. The molecule has 0 aromatic heterocycles. The maximum absolute atomic E-state index is 2.39. The highest BCUT2D eigenvalue weighted by molar-refractivity contribution is 8.03. The Labute approximate surface area is 99.2 Å². The third-order valence-electron chi connectivity index (χ3n) is 2.64. The first-order valence-corrected chi connectivity index (χ1v) is 6.97. The molecule has 1 saturated carbocycles. The first-order chi connectivity index (χ1) is 7.08. The summed E-state index contributed by atoms with van der Waals surface area (Å²) in [5.41, 5.74) is 0. The number of thioether (sulfide) groups is 1. The van der Waals surface area contributed by atoms with E-state index in [0.717, 1.165) is 5.92 Å². The molecule has 0 saturated heterocycles. The fourth-order valence-electron chi connectivity index (χ4n) is 1.84. The molecule has 0 spiro atoms. The van der Waals surface area contributed by atoms with Crippen LogP contribution in [-0.2, 0) is 0 Å². The van der Waals surface area contributed by atoms with Gasteiger partial charge < -0.3 is 0 Å². The van der Waals surface area contributed by atoms with Crippen molar-refractivity contribution in [3.05, 3.63) is 23.6 Å². The molecule has 0 aliphatic heterocycles. The van der Waals surface area contributed by atoms with Crippen LogP contribution in [0.3, 0.4) is 0 Å². The van der Waals surface area contributed by atoms with Crippen LogP contribution in [0.25, 0.3) is 0 Å². The number of allylic oxidation sites excluding steroid dienone is 3. The van der Waals surface area contributed by atoms with Gasteiger partial charge in [0.2, 0.25) is 0 Å². The van der Waals surface area contributed by atoms with Gasteiger partial charge in [-0.25, -0.2) is 0 Å². The average Bonchev–Trinajstić information content (AvgIpc) is 2.17. The Bertz CT molecular complexity index is 214. The molecule has 0 bridgehead atoms. The fourth-order valence-corrected chi connectivity index (χ4v) is 2.41. The normalized spacial score (nSPS) is 20.5. The van der Waals surface area contributed by atoms with Crippen LogP contribution in [0, 0.1) is 5.92 Å². The Morgan fingerprint density at radius 1 is 1.00 bits per heavy atom. The van der Waals surface area contributed by atoms with Crippen molar-refractivity contribution in [2.75, 3.05) is 0 Å². The molecule has 0 aromatic rings. The summed E-state index contributed by atoms with van der Waals surface area (Å²) < 4.78 is 0.342. The third kappa shape index (κ3) is 6.83. The summed E-state index contributed by atoms with van der Waals surface area (Å²) in [7, 11) is 0. The molecule has 0 heterocycles. The molecule has 0 N–H and O–H groups in total. The van der Waals surface area contributed by atoms with Gasteiger partial charge in [-0.2, -0.15) is 0 Å². The van der Waals surface area contributed by atoms with E-state index in [-0.39, 0.29) is 0 Å². The number of rotatable bonds is 3. The number of hydrogen-bond acceptors (Lipinski definition) is 1. The summed E-state index contributed by atoms with van der Waals surface area (Å²) in [6.45, 7) is 6.73. The summed E-state index contributed by atoms with van der Waals surface area (Å²) in [5, 5.41) is 2.21. The third-order valence-corrected chi connectivity index (χ3v) is 3.64. The van der Waals surface area contributed by atoms with Gasteiger partial charge in [0.15, 0.2) is 0 Å². The Morgan fingerprint density at radius 2 is 1.67 bits per heavy atom. The molecule has 15 heavy (non-hydrogen) atoms. The second kappa shape index (κ2) is 6.42. The van der Waals surface area contributed by atoms with Crippen molar-refractivity contribution < 1.29 is 0 Å². The lowest BCUT2D eigenvalue weighted by Crippen LogP contribution is -2.04. The van der Waals surface area contributed by atoms with E-state index in [4.69, 9.17) is 0 Å². The van der Waals surface area contributed by atoms with Gasteiger partial charge in [-0.3, -0.25) is 0 Å². The van der Waals surface area contributed by atoms with Crippen molar-refractivity contribution in [2.24, 2.45) is 5.92 Å². The van der Waals surface area contributed by atoms with Crippen LogP contribution in [0.4, 0.5) is 0 Å². The molecule has 0 nitrogen and oxygen atoms in total. The standard InChI is InChI=1S/C14H24S/c1-14(2,3)15-12-8-7-11-13-9-5-4-6-10-13/h7-8,11-13H,4-6,9-10H2,1-3H3/b11-7-,12-8+. The van der Waals surface area contributed by atoms with E-state index >= 15 is 0 Å². The van der Waals surface area contributed by atoms with Gasteiger partial charge in [0.05, 0.1) is 0 Å². The van der Waals surface area contributed by atoms with Crippen molar-refractivity contribution in [2.45, 2.75) is 57.6 Å². The highest BCUT2D eigenvalue weighted by atomic mass is 32.2.